The summed E-state index contributed by atoms with van der Waals surface area (Å²) in [5, 5.41) is 16.0. The van der Waals surface area contributed by atoms with Crippen molar-refractivity contribution >= 4 is 5.69 Å². The van der Waals surface area contributed by atoms with Gasteiger partial charge in [-0.05, 0) is 24.6 Å². The maximum absolute atomic E-state index is 8.66. The Bertz CT molecular complexity index is 632. The third-order valence-corrected chi connectivity index (χ3v) is 3.10. The fourth-order valence-electron chi connectivity index (χ4n) is 1.84. The lowest BCUT2D eigenvalue weighted by Crippen LogP contribution is -2.14. The van der Waals surface area contributed by atoms with E-state index in [1.807, 2.05) is 52.0 Å². The second-order valence-corrected chi connectivity index (χ2v) is 6.10. The second-order valence-electron chi connectivity index (χ2n) is 6.10. The van der Waals surface area contributed by atoms with E-state index in [0.29, 0.717) is 18.1 Å². The Morgan fingerprint density at radius 3 is 2.48 bits per heavy atom. The van der Waals surface area contributed by atoms with Crippen LogP contribution in [0.3, 0.4) is 0 Å². The van der Waals surface area contributed by atoms with Crippen LogP contribution in [-0.4, -0.2) is 10.1 Å². The fraction of sp³-hybridized carbons (Fsp3) is 0.438. The van der Waals surface area contributed by atoms with Crippen molar-refractivity contribution in [2.24, 2.45) is 0 Å². The van der Waals surface area contributed by atoms with Crippen molar-refractivity contribution in [3.8, 4) is 6.07 Å². The van der Waals surface area contributed by atoms with Crippen LogP contribution in [-0.2, 0) is 11.8 Å². The smallest absolute Gasteiger partial charge is 0.248 e. The molecule has 5 nitrogen and oxygen atoms in total. The first kappa shape index (κ1) is 15.0. The van der Waals surface area contributed by atoms with Crippen molar-refractivity contribution in [2.45, 2.75) is 45.6 Å². The molecule has 1 unspecified atom stereocenters. The molecule has 1 atom stereocenters. The Hall–Kier alpha value is -2.35. The molecule has 0 aliphatic heterocycles. The van der Waals surface area contributed by atoms with Crippen LogP contribution >= 0.6 is 0 Å². The van der Waals surface area contributed by atoms with Crippen LogP contribution in [0.5, 0.6) is 0 Å². The second kappa shape index (κ2) is 5.96. The average molecular weight is 284 g/mol. The monoisotopic (exact) mass is 284 g/mol. The quantitative estimate of drug-likeness (QED) is 0.928. The summed E-state index contributed by atoms with van der Waals surface area (Å²) in [6.07, 6.45) is 0.425. The average Bonchev–Trinajstić information content (AvgIpc) is 2.91. The van der Waals surface area contributed by atoms with E-state index in [0.717, 1.165) is 11.3 Å². The topological polar surface area (TPSA) is 74.7 Å². The standard InChI is InChI=1S/C16H20N4O/c1-11(14-19-15(20-21-14)16(2,3)4)18-13-7-5-12(6-8-13)9-10-17/h5-8,11,18H,9H2,1-4H3. The van der Waals surface area contributed by atoms with Crippen molar-refractivity contribution in [1.82, 2.24) is 10.1 Å². The van der Waals surface area contributed by atoms with E-state index < -0.39 is 0 Å². The van der Waals surface area contributed by atoms with Gasteiger partial charge in [0.25, 0.3) is 0 Å². The maximum Gasteiger partial charge on any atom is 0.248 e. The molecule has 1 N–H and O–H groups in total. The van der Waals surface area contributed by atoms with Crippen LogP contribution in [0, 0.1) is 11.3 Å². The number of nitrogens with one attached hydrogen (secondary N) is 1. The van der Waals surface area contributed by atoms with Crippen molar-refractivity contribution in [1.29, 1.82) is 5.26 Å². The predicted octanol–water partition coefficient (Wildman–Crippen LogP) is 3.61. The highest BCUT2D eigenvalue weighted by Gasteiger charge is 2.23. The summed E-state index contributed by atoms with van der Waals surface area (Å²) in [6.45, 7) is 8.12. The SMILES string of the molecule is CC(Nc1ccc(CC#N)cc1)c1nc(C(C)(C)C)no1. The molecular weight excluding hydrogens is 264 g/mol. The number of nitriles is 1. The van der Waals surface area contributed by atoms with E-state index in [-0.39, 0.29) is 11.5 Å². The zero-order chi connectivity index (χ0) is 15.5. The number of benzene rings is 1. The molecular formula is C16H20N4O. The van der Waals surface area contributed by atoms with Gasteiger partial charge in [0.15, 0.2) is 5.82 Å². The molecule has 110 valence electrons. The number of hydrogen-bond acceptors (Lipinski definition) is 5. The van der Waals surface area contributed by atoms with Crippen molar-refractivity contribution < 1.29 is 4.52 Å². The molecule has 2 aromatic rings. The Morgan fingerprint density at radius 1 is 1.29 bits per heavy atom. The summed E-state index contributed by atoms with van der Waals surface area (Å²) < 4.78 is 5.32. The van der Waals surface area contributed by atoms with Crippen molar-refractivity contribution in [3.05, 3.63) is 41.5 Å². The minimum Gasteiger partial charge on any atom is -0.374 e. The molecule has 0 aliphatic rings. The number of rotatable bonds is 4. The van der Waals surface area contributed by atoms with Gasteiger partial charge in [0.2, 0.25) is 5.89 Å². The van der Waals surface area contributed by atoms with E-state index in [9.17, 15) is 0 Å². The van der Waals surface area contributed by atoms with Gasteiger partial charge in [-0.25, -0.2) is 0 Å². The number of nitrogens with zero attached hydrogens (tertiary/aromatic N) is 3. The van der Waals surface area contributed by atoms with Gasteiger partial charge < -0.3 is 9.84 Å². The van der Waals surface area contributed by atoms with Gasteiger partial charge in [-0.3, -0.25) is 0 Å². The van der Waals surface area contributed by atoms with Gasteiger partial charge in [0.05, 0.1) is 12.5 Å². The molecule has 21 heavy (non-hydrogen) atoms. The molecule has 5 heteroatoms. The molecule has 0 saturated heterocycles. The number of anilines is 1. The summed E-state index contributed by atoms with van der Waals surface area (Å²) in [4.78, 5) is 4.44. The Kier molecular flexibility index (Phi) is 4.27. The molecule has 1 aromatic heterocycles. The normalized spacial score (nSPS) is 12.7. The first-order valence-corrected chi connectivity index (χ1v) is 6.96. The highest BCUT2D eigenvalue weighted by atomic mass is 16.5. The van der Waals surface area contributed by atoms with Crippen LogP contribution in [0.2, 0.25) is 0 Å². The largest absolute Gasteiger partial charge is 0.374 e. The summed E-state index contributed by atoms with van der Waals surface area (Å²) >= 11 is 0. The molecule has 0 bridgehead atoms. The van der Waals surface area contributed by atoms with Gasteiger partial charge >= 0.3 is 0 Å². The van der Waals surface area contributed by atoms with Crippen LogP contribution in [0.1, 0.15) is 51.0 Å². The highest BCUT2D eigenvalue weighted by Crippen LogP contribution is 2.23. The maximum atomic E-state index is 8.66. The van der Waals surface area contributed by atoms with Gasteiger partial charge in [0.1, 0.15) is 6.04 Å². The fourth-order valence-corrected chi connectivity index (χ4v) is 1.84. The van der Waals surface area contributed by atoms with Crippen LogP contribution in [0.15, 0.2) is 28.8 Å². The van der Waals surface area contributed by atoms with Crippen LogP contribution in [0.4, 0.5) is 5.69 Å². The summed E-state index contributed by atoms with van der Waals surface area (Å²) in [5.74, 6) is 1.27. The van der Waals surface area contributed by atoms with E-state index in [2.05, 4.69) is 21.5 Å². The zero-order valence-electron chi connectivity index (χ0n) is 12.8. The Morgan fingerprint density at radius 2 is 1.95 bits per heavy atom. The predicted molar refractivity (Wildman–Crippen MR) is 80.8 cm³/mol. The van der Waals surface area contributed by atoms with E-state index in [1.54, 1.807) is 0 Å². The van der Waals surface area contributed by atoms with Crippen LogP contribution in [0.25, 0.3) is 0 Å². The molecule has 0 saturated carbocycles. The van der Waals surface area contributed by atoms with Gasteiger partial charge in [-0.2, -0.15) is 10.2 Å². The lowest BCUT2D eigenvalue weighted by Gasteiger charge is -2.12. The Balaban J connectivity index is 2.05. The molecule has 1 heterocycles. The first-order chi connectivity index (χ1) is 9.90. The highest BCUT2D eigenvalue weighted by molar-refractivity contribution is 5.46. The number of hydrogen-bond donors (Lipinski definition) is 1. The lowest BCUT2D eigenvalue weighted by atomic mass is 9.96. The van der Waals surface area contributed by atoms with E-state index >= 15 is 0 Å². The van der Waals surface area contributed by atoms with Crippen molar-refractivity contribution in [3.63, 3.8) is 0 Å². The van der Waals surface area contributed by atoms with E-state index in [4.69, 9.17) is 9.78 Å². The summed E-state index contributed by atoms with van der Waals surface area (Å²) in [6, 6.07) is 9.83. The molecule has 2 rings (SSSR count). The molecule has 0 fully saturated rings. The first-order valence-electron chi connectivity index (χ1n) is 6.96. The third-order valence-electron chi connectivity index (χ3n) is 3.10. The molecule has 1 aromatic carbocycles. The molecule has 0 aliphatic carbocycles. The molecule has 0 radical (unpaired) electrons. The summed E-state index contributed by atoms with van der Waals surface area (Å²) in [5.41, 5.74) is 1.84. The lowest BCUT2D eigenvalue weighted by molar-refractivity contribution is 0.354. The third kappa shape index (κ3) is 3.82. The molecule has 0 amide bonds. The van der Waals surface area contributed by atoms with Gasteiger partial charge in [-0.1, -0.05) is 38.1 Å². The van der Waals surface area contributed by atoms with Crippen LogP contribution < -0.4 is 5.32 Å². The molecule has 0 spiro atoms. The zero-order valence-corrected chi connectivity index (χ0v) is 12.8. The van der Waals surface area contributed by atoms with Crippen molar-refractivity contribution in [2.75, 3.05) is 5.32 Å². The minimum atomic E-state index is -0.125. The summed E-state index contributed by atoms with van der Waals surface area (Å²) in [7, 11) is 0. The van der Waals surface area contributed by atoms with E-state index in [1.165, 1.54) is 0 Å². The van der Waals surface area contributed by atoms with Gasteiger partial charge in [-0.15, -0.1) is 0 Å². The minimum absolute atomic E-state index is 0.0737. The van der Waals surface area contributed by atoms with Gasteiger partial charge in [0, 0.05) is 11.1 Å². The Labute approximate surface area is 125 Å². The number of aromatic nitrogens is 2.